The van der Waals surface area contributed by atoms with Crippen LogP contribution in [0.2, 0.25) is 0 Å². The second-order valence-electron chi connectivity index (χ2n) is 9.28. The van der Waals surface area contributed by atoms with E-state index in [0.29, 0.717) is 6.04 Å². The van der Waals surface area contributed by atoms with E-state index in [-0.39, 0.29) is 17.8 Å². The van der Waals surface area contributed by atoms with E-state index in [1.807, 2.05) is 54.5 Å². The van der Waals surface area contributed by atoms with Crippen LogP contribution in [0, 0.1) is 0 Å². The van der Waals surface area contributed by atoms with E-state index in [9.17, 15) is 9.59 Å². The van der Waals surface area contributed by atoms with E-state index >= 15 is 0 Å². The molecule has 1 aromatic heterocycles. The summed E-state index contributed by atoms with van der Waals surface area (Å²) in [6.45, 7) is 8.92. The summed E-state index contributed by atoms with van der Waals surface area (Å²) in [5, 5.41) is 0. The Hall–Kier alpha value is -2.28. The monoisotopic (exact) mass is 400 g/mol. The molecule has 0 unspecified atom stereocenters. The summed E-state index contributed by atoms with van der Waals surface area (Å²) >= 11 is 0. The maximum Gasteiger partial charge on any atom is 0.410 e. The molecule has 1 amide bonds. The third-order valence-corrected chi connectivity index (χ3v) is 6.14. The molecule has 2 aliphatic rings. The fraction of sp³-hybridized carbons (Fsp3) is 0.636. The standard InChI is InChI=1S/C22H32N4O3/c1-22(2,3)29-21(28)25-14-12-24(13-15-25)16-8-10-17(11-9-16)26-19-7-5-4-6-18(19)23-20(26)27/h4-7,16-17H,8-15H2,1-3H3,(H,23,27). The average Bonchev–Trinajstić information content (AvgIpc) is 3.02. The van der Waals surface area contributed by atoms with Crippen LogP contribution in [0.1, 0.15) is 52.5 Å². The Morgan fingerprint density at radius 3 is 2.28 bits per heavy atom. The highest BCUT2D eigenvalue weighted by atomic mass is 16.6. The number of nitrogens with zero attached hydrogens (tertiary/aromatic N) is 3. The number of aromatic amines is 1. The van der Waals surface area contributed by atoms with Gasteiger partial charge < -0.3 is 14.6 Å². The Morgan fingerprint density at radius 2 is 1.62 bits per heavy atom. The number of hydrogen-bond acceptors (Lipinski definition) is 4. The first-order valence-electron chi connectivity index (χ1n) is 10.7. The molecular weight excluding hydrogens is 368 g/mol. The molecule has 0 atom stereocenters. The molecule has 2 aromatic rings. The lowest BCUT2D eigenvalue weighted by Crippen LogP contribution is -2.53. The molecule has 4 rings (SSSR count). The lowest BCUT2D eigenvalue weighted by molar-refractivity contribution is 0.00736. The van der Waals surface area contributed by atoms with E-state index in [0.717, 1.165) is 62.9 Å². The molecule has 1 saturated heterocycles. The van der Waals surface area contributed by atoms with Crippen LogP contribution in [0.5, 0.6) is 0 Å². The molecule has 2 heterocycles. The second kappa shape index (κ2) is 7.86. The van der Waals surface area contributed by atoms with Gasteiger partial charge in [-0.15, -0.1) is 0 Å². The summed E-state index contributed by atoms with van der Waals surface area (Å²) in [4.78, 5) is 32.0. The molecule has 0 spiro atoms. The minimum absolute atomic E-state index is 0.000579. The van der Waals surface area contributed by atoms with E-state index in [4.69, 9.17) is 4.74 Å². The average molecular weight is 401 g/mol. The second-order valence-corrected chi connectivity index (χ2v) is 9.28. The highest BCUT2D eigenvalue weighted by Gasteiger charge is 2.32. The van der Waals surface area contributed by atoms with Crippen LogP contribution in [0.3, 0.4) is 0 Å². The SMILES string of the molecule is CC(C)(C)OC(=O)N1CCN(C2CCC(n3c(=O)[nH]c4ccccc43)CC2)CC1. The van der Waals surface area contributed by atoms with Crippen LogP contribution in [0.4, 0.5) is 4.79 Å². The molecule has 29 heavy (non-hydrogen) atoms. The van der Waals surface area contributed by atoms with Crippen molar-refractivity contribution in [2.75, 3.05) is 26.2 Å². The van der Waals surface area contributed by atoms with Gasteiger partial charge in [0.1, 0.15) is 5.60 Å². The number of imidazole rings is 1. The van der Waals surface area contributed by atoms with Crippen LogP contribution in [0.25, 0.3) is 11.0 Å². The fourth-order valence-corrected chi connectivity index (χ4v) is 4.71. The largest absolute Gasteiger partial charge is 0.444 e. The van der Waals surface area contributed by atoms with Crippen LogP contribution in [-0.2, 0) is 4.74 Å². The maximum absolute atomic E-state index is 12.5. The van der Waals surface area contributed by atoms with Crippen LogP contribution in [0.15, 0.2) is 29.1 Å². The molecule has 0 bridgehead atoms. The number of benzene rings is 1. The molecule has 1 aliphatic carbocycles. The van der Waals surface area contributed by atoms with Crippen LogP contribution in [-0.4, -0.2) is 63.3 Å². The summed E-state index contributed by atoms with van der Waals surface area (Å²) in [6.07, 6.45) is 3.99. The van der Waals surface area contributed by atoms with E-state index in [1.165, 1.54) is 0 Å². The molecule has 1 saturated carbocycles. The molecule has 7 heteroatoms. The van der Waals surface area contributed by atoms with Crippen molar-refractivity contribution in [1.82, 2.24) is 19.4 Å². The number of hydrogen-bond donors (Lipinski definition) is 1. The van der Waals surface area contributed by atoms with E-state index in [1.54, 1.807) is 0 Å². The number of fused-ring (bicyclic) bond motifs is 1. The van der Waals surface area contributed by atoms with Gasteiger partial charge in [0.15, 0.2) is 0 Å². The van der Waals surface area contributed by atoms with Crippen molar-refractivity contribution in [3.63, 3.8) is 0 Å². The molecular formula is C22H32N4O3. The first-order chi connectivity index (χ1) is 13.8. The number of amides is 1. The van der Waals surface area contributed by atoms with Crippen molar-refractivity contribution in [2.24, 2.45) is 0 Å². The fourth-order valence-electron chi connectivity index (χ4n) is 4.71. The maximum atomic E-state index is 12.5. The number of carbonyl (C=O) groups excluding carboxylic acids is 1. The van der Waals surface area contributed by atoms with Crippen molar-refractivity contribution in [3.05, 3.63) is 34.7 Å². The number of aromatic nitrogens is 2. The van der Waals surface area contributed by atoms with Gasteiger partial charge in [0.2, 0.25) is 0 Å². The number of rotatable bonds is 2. The van der Waals surface area contributed by atoms with Gasteiger partial charge in [-0.25, -0.2) is 9.59 Å². The van der Waals surface area contributed by atoms with Gasteiger partial charge in [-0.1, -0.05) is 12.1 Å². The zero-order valence-corrected chi connectivity index (χ0v) is 17.7. The molecule has 1 aromatic carbocycles. The predicted molar refractivity (Wildman–Crippen MR) is 113 cm³/mol. The van der Waals surface area contributed by atoms with E-state index < -0.39 is 5.60 Å². The quantitative estimate of drug-likeness (QED) is 0.839. The smallest absolute Gasteiger partial charge is 0.410 e. The number of piperazine rings is 1. The molecule has 1 N–H and O–H groups in total. The Bertz CT molecular complexity index is 910. The summed E-state index contributed by atoms with van der Waals surface area (Å²) in [6, 6.07) is 8.72. The Balaban J connectivity index is 1.32. The Kier molecular flexibility index (Phi) is 5.42. The number of ether oxygens (including phenoxy) is 1. The van der Waals surface area contributed by atoms with Gasteiger partial charge in [0.05, 0.1) is 11.0 Å². The molecule has 158 valence electrons. The predicted octanol–water partition coefficient (Wildman–Crippen LogP) is 3.37. The lowest BCUT2D eigenvalue weighted by Gasteiger charge is -2.42. The van der Waals surface area contributed by atoms with Crippen molar-refractivity contribution in [1.29, 1.82) is 0 Å². The van der Waals surface area contributed by atoms with Gasteiger partial charge >= 0.3 is 11.8 Å². The Morgan fingerprint density at radius 1 is 1.00 bits per heavy atom. The third-order valence-electron chi connectivity index (χ3n) is 6.14. The van der Waals surface area contributed by atoms with Crippen molar-refractivity contribution < 1.29 is 9.53 Å². The van der Waals surface area contributed by atoms with Gasteiger partial charge in [0.25, 0.3) is 0 Å². The third kappa shape index (κ3) is 4.34. The minimum Gasteiger partial charge on any atom is -0.444 e. The van der Waals surface area contributed by atoms with Gasteiger partial charge in [0, 0.05) is 38.3 Å². The van der Waals surface area contributed by atoms with Gasteiger partial charge in [-0.3, -0.25) is 9.47 Å². The van der Waals surface area contributed by atoms with Crippen molar-refractivity contribution in [2.45, 2.75) is 64.1 Å². The summed E-state index contributed by atoms with van der Waals surface area (Å²) in [5.74, 6) is 0. The summed E-state index contributed by atoms with van der Waals surface area (Å²) in [7, 11) is 0. The normalized spacial score (nSPS) is 24.0. The van der Waals surface area contributed by atoms with Gasteiger partial charge in [-0.05, 0) is 58.6 Å². The highest BCUT2D eigenvalue weighted by molar-refractivity contribution is 5.75. The van der Waals surface area contributed by atoms with Gasteiger partial charge in [-0.2, -0.15) is 0 Å². The number of para-hydroxylation sites is 2. The first kappa shape index (κ1) is 20.0. The number of carbonyl (C=O) groups is 1. The zero-order chi connectivity index (χ0) is 20.6. The first-order valence-corrected chi connectivity index (χ1v) is 10.7. The van der Waals surface area contributed by atoms with Crippen LogP contribution < -0.4 is 5.69 Å². The zero-order valence-electron chi connectivity index (χ0n) is 17.7. The van der Waals surface area contributed by atoms with Crippen LogP contribution >= 0.6 is 0 Å². The number of H-pyrrole nitrogens is 1. The highest BCUT2D eigenvalue weighted by Crippen LogP contribution is 2.32. The Labute approximate surface area is 171 Å². The van der Waals surface area contributed by atoms with Crippen molar-refractivity contribution >= 4 is 17.1 Å². The summed E-state index contributed by atoms with van der Waals surface area (Å²) < 4.78 is 7.44. The molecule has 1 aliphatic heterocycles. The van der Waals surface area contributed by atoms with Crippen molar-refractivity contribution in [3.8, 4) is 0 Å². The molecule has 7 nitrogen and oxygen atoms in total. The lowest BCUT2D eigenvalue weighted by atomic mass is 9.89. The topological polar surface area (TPSA) is 70.6 Å². The molecule has 2 fully saturated rings. The van der Waals surface area contributed by atoms with E-state index in [2.05, 4.69) is 9.88 Å². The molecule has 0 radical (unpaired) electrons. The number of nitrogens with one attached hydrogen (secondary N) is 1. The summed E-state index contributed by atoms with van der Waals surface area (Å²) in [5.41, 5.74) is 1.47. The minimum atomic E-state index is -0.451.